The highest BCUT2D eigenvalue weighted by Crippen LogP contribution is 2.26. The molecule has 2 aromatic carbocycles. The molecule has 0 radical (unpaired) electrons. The van der Waals surface area contributed by atoms with Crippen LogP contribution in [0.3, 0.4) is 0 Å². The van der Waals surface area contributed by atoms with Gasteiger partial charge >= 0.3 is 0 Å². The lowest BCUT2D eigenvalue weighted by Crippen LogP contribution is -2.23. The van der Waals surface area contributed by atoms with Gasteiger partial charge in [-0.05, 0) is 49.4 Å². The van der Waals surface area contributed by atoms with Crippen LogP contribution in [0.1, 0.15) is 16.2 Å². The van der Waals surface area contributed by atoms with Crippen molar-refractivity contribution in [2.45, 2.75) is 6.92 Å². The third-order valence-electron chi connectivity index (χ3n) is 4.67. The third-order valence-corrected chi connectivity index (χ3v) is 4.99. The molecule has 160 valence electrons. The number of hydrogen-bond acceptors (Lipinski definition) is 6. The fourth-order valence-corrected chi connectivity index (χ4v) is 3.35. The molecule has 2 aromatic heterocycles. The van der Waals surface area contributed by atoms with Crippen LogP contribution in [0.15, 0.2) is 59.5 Å². The van der Waals surface area contributed by atoms with Gasteiger partial charge in [-0.2, -0.15) is 0 Å². The molecule has 0 saturated carbocycles. The Kier molecular flexibility index (Phi) is 5.37. The van der Waals surface area contributed by atoms with Crippen molar-refractivity contribution < 1.29 is 14.1 Å². The number of nitrogens with one attached hydrogen (secondary N) is 1. The Morgan fingerprint density at radius 1 is 1.22 bits per heavy atom. The molecule has 0 spiro atoms. The van der Waals surface area contributed by atoms with Gasteiger partial charge in [0.25, 0.3) is 17.2 Å². The zero-order valence-corrected chi connectivity index (χ0v) is 17.1. The largest absolute Gasteiger partial charge is 0.319 e. The van der Waals surface area contributed by atoms with E-state index in [2.05, 4.69) is 15.3 Å². The number of benzene rings is 2. The van der Waals surface area contributed by atoms with E-state index in [-0.39, 0.29) is 33.0 Å². The molecule has 1 N–H and O–H groups in total. The molecule has 1 amide bonds. The molecule has 11 heteroatoms. The second-order valence-electron chi connectivity index (χ2n) is 6.72. The van der Waals surface area contributed by atoms with Gasteiger partial charge in [0.15, 0.2) is 5.65 Å². The molecule has 0 fully saturated rings. The summed E-state index contributed by atoms with van der Waals surface area (Å²) in [5.74, 6) is -1.23. The molecule has 2 heterocycles. The van der Waals surface area contributed by atoms with Gasteiger partial charge in [-0.25, -0.2) is 14.4 Å². The maximum atomic E-state index is 14.4. The Hall–Kier alpha value is -4.18. The van der Waals surface area contributed by atoms with Crippen LogP contribution in [0.25, 0.3) is 16.7 Å². The summed E-state index contributed by atoms with van der Waals surface area (Å²) < 4.78 is 15.7. The number of rotatable bonds is 4. The molecule has 4 aromatic rings. The number of pyridine rings is 1. The summed E-state index contributed by atoms with van der Waals surface area (Å²) in [5.41, 5.74) is -0.611. The van der Waals surface area contributed by atoms with E-state index in [0.717, 1.165) is 12.1 Å². The SMILES string of the molecule is Cc1nc2ncccc2c(=O)n1-c1ccc(F)c(NC(=O)c2ccc(Cl)c([N+](=O)[O-])c2)c1. The number of nitro benzene ring substituents is 1. The van der Waals surface area contributed by atoms with Gasteiger partial charge in [0.05, 0.1) is 21.7 Å². The van der Waals surface area contributed by atoms with Gasteiger partial charge in [0.1, 0.15) is 16.7 Å². The molecule has 0 bridgehead atoms. The summed E-state index contributed by atoms with van der Waals surface area (Å²) >= 11 is 5.76. The van der Waals surface area contributed by atoms with Crippen molar-refractivity contribution in [2.75, 3.05) is 5.32 Å². The lowest BCUT2D eigenvalue weighted by atomic mass is 10.1. The molecule has 0 aliphatic rings. The Labute approximate surface area is 184 Å². The Balaban J connectivity index is 1.74. The fraction of sp³-hybridized carbons (Fsp3) is 0.0476. The first kappa shape index (κ1) is 21.1. The monoisotopic (exact) mass is 453 g/mol. The van der Waals surface area contributed by atoms with Gasteiger partial charge in [-0.15, -0.1) is 0 Å². The van der Waals surface area contributed by atoms with Crippen LogP contribution < -0.4 is 10.9 Å². The summed E-state index contributed by atoms with van der Waals surface area (Å²) in [6.45, 7) is 1.60. The summed E-state index contributed by atoms with van der Waals surface area (Å²) in [5, 5.41) is 13.6. The van der Waals surface area contributed by atoms with Crippen LogP contribution >= 0.6 is 11.6 Å². The number of aromatic nitrogens is 3. The Bertz CT molecular complexity index is 1470. The van der Waals surface area contributed by atoms with Crippen LogP contribution in [-0.4, -0.2) is 25.4 Å². The van der Waals surface area contributed by atoms with E-state index in [1.165, 1.54) is 35.0 Å². The molecule has 0 aliphatic heterocycles. The molecule has 9 nitrogen and oxygen atoms in total. The quantitative estimate of drug-likeness (QED) is 0.368. The number of carbonyl (C=O) groups is 1. The van der Waals surface area contributed by atoms with Crippen molar-refractivity contribution in [3.63, 3.8) is 0 Å². The van der Waals surface area contributed by atoms with Crippen LogP contribution in [0.4, 0.5) is 15.8 Å². The fourth-order valence-electron chi connectivity index (χ4n) is 3.16. The van der Waals surface area contributed by atoms with E-state index < -0.39 is 27.9 Å². The predicted octanol–water partition coefficient (Wildman–Crippen LogP) is 4.04. The summed E-state index contributed by atoms with van der Waals surface area (Å²) in [4.78, 5) is 44.2. The number of hydrogen-bond donors (Lipinski definition) is 1. The number of halogens is 2. The highest BCUT2D eigenvalue weighted by molar-refractivity contribution is 6.32. The smallest absolute Gasteiger partial charge is 0.288 e. The molecule has 0 saturated heterocycles. The van der Waals surface area contributed by atoms with Crippen LogP contribution in [-0.2, 0) is 0 Å². The van der Waals surface area contributed by atoms with E-state index in [4.69, 9.17) is 11.6 Å². The standard InChI is InChI=1S/C21H13ClFN5O4/c1-11-25-19-14(3-2-8-24-19)21(30)27(11)13-5-7-16(23)17(10-13)26-20(29)12-4-6-15(22)18(9-12)28(31)32/h2-10H,1H3,(H,26,29). The zero-order valence-electron chi connectivity index (χ0n) is 16.4. The topological polar surface area (TPSA) is 120 Å². The van der Waals surface area contributed by atoms with E-state index in [9.17, 15) is 24.1 Å². The summed E-state index contributed by atoms with van der Waals surface area (Å²) in [7, 11) is 0. The van der Waals surface area contributed by atoms with Crippen molar-refractivity contribution >= 4 is 39.9 Å². The number of nitro groups is 1. The normalized spacial score (nSPS) is 10.8. The number of fused-ring (bicyclic) bond motifs is 1. The van der Waals surface area contributed by atoms with Crippen molar-refractivity contribution in [1.82, 2.24) is 14.5 Å². The number of amides is 1. The highest BCUT2D eigenvalue weighted by atomic mass is 35.5. The van der Waals surface area contributed by atoms with Gasteiger partial charge < -0.3 is 5.32 Å². The first-order chi connectivity index (χ1) is 15.3. The summed E-state index contributed by atoms with van der Waals surface area (Å²) in [6, 6.07) is 10.4. The molecule has 0 atom stereocenters. The summed E-state index contributed by atoms with van der Waals surface area (Å²) in [6.07, 6.45) is 1.52. The van der Waals surface area contributed by atoms with Crippen LogP contribution in [0, 0.1) is 22.9 Å². The van der Waals surface area contributed by atoms with Gasteiger partial charge in [-0.1, -0.05) is 11.6 Å². The highest BCUT2D eigenvalue weighted by Gasteiger charge is 2.18. The van der Waals surface area contributed by atoms with Crippen molar-refractivity contribution in [3.8, 4) is 5.69 Å². The minimum Gasteiger partial charge on any atom is -0.319 e. The average Bonchev–Trinajstić information content (AvgIpc) is 2.76. The average molecular weight is 454 g/mol. The first-order valence-electron chi connectivity index (χ1n) is 9.16. The van der Waals surface area contributed by atoms with E-state index in [1.807, 2.05) is 0 Å². The Morgan fingerprint density at radius 3 is 2.75 bits per heavy atom. The van der Waals surface area contributed by atoms with E-state index in [0.29, 0.717) is 5.82 Å². The zero-order chi connectivity index (χ0) is 23.0. The minimum atomic E-state index is -0.786. The van der Waals surface area contributed by atoms with Crippen LogP contribution in [0.2, 0.25) is 5.02 Å². The molecule has 4 rings (SSSR count). The van der Waals surface area contributed by atoms with Crippen molar-refractivity contribution in [1.29, 1.82) is 0 Å². The van der Waals surface area contributed by atoms with Gasteiger partial charge in [0.2, 0.25) is 0 Å². The van der Waals surface area contributed by atoms with Gasteiger partial charge in [0, 0.05) is 17.8 Å². The number of aryl methyl sites for hydroxylation is 1. The number of anilines is 1. The van der Waals surface area contributed by atoms with E-state index >= 15 is 0 Å². The second-order valence-corrected chi connectivity index (χ2v) is 7.12. The van der Waals surface area contributed by atoms with Crippen molar-refractivity contribution in [2.24, 2.45) is 0 Å². The van der Waals surface area contributed by atoms with Crippen LogP contribution in [0.5, 0.6) is 0 Å². The van der Waals surface area contributed by atoms with Gasteiger partial charge in [-0.3, -0.25) is 24.3 Å². The molecular weight excluding hydrogens is 441 g/mol. The molecular formula is C21H13ClFN5O4. The Morgan fingerprint density at radius 2 is 2.00 bits per heavy atom. The molecule has 32 heavy (non-hydrogen) atoms. The number of nitrogens with zero attached hydrogens (tertiary/aromatic N) is 4. The minimum absolute atomic E-state index is 0.0855. The lowest BCUT2D eigenvalue weighted by Gasteiger charge is -2.13. The predicted molar refractivity (Wildman–Crippen MR) is 116 cm³/mol. The second kappa shape index (κ2) is 8.16. The van der Waals surface area contributed by atoms with E-state index in [1.54, 1.807) is 19.1 Å². The molecule has 0 unspecified atom stereocenters. The number of carbonyl (C=O) groups excluding carboxylic acids is 1. The third kappa shape index (κ3) is 3.79. The molecule has 0 aliphatic carbocycles. The van der Waals surface area contributed by atoms with Crippen molar-refractivity contribution in [3.05, 3.63) is 97.4 Å². The maximum absolute atomic E-state index is 14.4. The first-order valence-corrected chi connectivity index (χ1v) is 9.53. The lowest BCUT2D eigenvalue weighted by molar-refractivity contribution is -0.384. The maximum Gasteiger partial charge on any atom is 0.288 e.